The third-order valence-electron chi connectivity index (χ3n) is 6.75. The van der Waals surface area contributed by atoms with Crippen molar-refractivity contribution in [1.29, 1.82) is 0 Å². The first-order valence-corrected chi connectivity index (χ1v) is 13.5. The van der Waals surface area contributed by atoms with Gasteiger partial charge in [0.05, 0.1) is 11.9 Å². The van der Waals surface area contributed by atoms with E-state index >= 15 is 0 Å². The molecule has 2 aromatic heterocycles. The topological polar surface area (TPSA) is 110 Å². The monoisotopic (exact) mass is 552 g/mol. The van der Waals surface area contributed by atoms with E-state index in [1.165, 1.54) is 0 Å². The van der Waals surface area contributed by atoms with Gasteiger partial charge in [0.15, 0.2) is 0 Å². The second kappa shape index (κ2) is 12.5. The molecule has 40 heavy (non-hydrogen) atoms. The van der Waals surface area contributed by atoms with Crippen LogP contribution < -0.4 is 0 Å². The number of tetrazole rings is 1. The van der Waals surface area contributed by atoms with Crippen LogP contribution >= 0.6 is 11.6 Å². The fourth-order valence-electron chi connectivity index (χ4n) is 4.63. The van der Waals surface area contributed by atoms with Gasteiger partial charge in [-0.05, 0) is 52.1 Å². The van der Waals surface area contributed by atoms with E-state index in [1.54, 1.807) is 24.4 Å². The third kappa shape index (κ3) is 6.35. The lowest BCUT2D eigenvalue weighted by atomic mass is 9.98. The van der Waals surface area contributed by atoms with E-state index in [2.05, 4.69) is 61.4 Å². The molecule has 0 aliphatic rings. The number of aromatic amines is 1. The molecule has 0 saturated carbocycles. The average Bonchev–Trinajstić information content (AvgIpc) is 3.64. The maximum atomic E-state index is 12.2. The molecule has 2 N–H and O–H groups in total. The van der Waals surface area contributed by atoms with Gasteiger partial charge in [-0.15, -0.1) is 10.2 Å². The van der Waals surface area contributed by atoms with Crippen LogP contribution in [0.2, 0.25) is 5.02 Å². The lowest BCUT2D eigenvalue weighted by Gasteiger charge is -2.13. The SMILES string of the molecule is CCCCc1ncc(/C=C(\Cc2ccc(Cl)cc2)C(=O)O)n1Cc1ccc(-c2ccccc2-c2nn[nH]n2)cc1. The molecule has 0 bridgehead atoms. The number of aryl methyl sites for hydroxylation is 1. The van der Waals surface area contributed by atoms with Crippen LogP contribution in [0.3, 0.4) is 0 Å². The Morgan fingerprint density at radius 2 is 1.73 bits per heavy atom. The predicted molar refractivity (Wildman–Crippen MR) is 156 cm³/mol. The number of nitrogens with one attached hydrogen (secondary N) is 1. The zero-order valence-electron chi connectivity index (χ0n) is 22.1. The number of halogens is 1. The number of carboxylic acids is 1. The summed E-state index contributed by atoms with van der Waals surface area (Å²) in [4.78, 5) is 16.8. The van der Waals surface area contributed by atoms with Crippen molar-refractivity contribution in [3.05, 3.63) is 112 Å². The summed E-state index contributed by atoms with van der Waals surface area (Å²) in [7, 11) is 0. The molecule has 9 heteroatoms. The van der Waals surface area contributed by atoms with Gasteiger partial charge in [-0.3, -0.25) is 0 Å². The predicted octanol–water partition coefficient (Wildman–Crippen LogP) is 6.49. The number of aliphatic carboxylic acids is 1. The number of hydrogen-bond acceptors (Lipinski definition) is 5. The number of aromatic nitrogens is 6. The first kappa shape index (κ1) is 27.0. The quantitative estimate of drug-likeness (QED) is 0.181. The molecule has 0 atom stereocenters. The number of nitrogens with zero attached hydrogens (tertiary/aromatic N) is 5. The van der Waals surface area contributed by atoms with E-state index in [9.17, 15) is 9.90 Å². The van der Waals surface area contributed by atoms with Crippen LogP contribution in [0.5, 0.6) is 0 Å². The number of H-pyrrole nitrogens is 1. The minimum absolute atomic E-state index is 0.288. The van der Waals surface area contributed by atoms with Crippen molar-refractivity contribution < 1.29 is 9.90 Å². The molecule has 0 fully saturated rings. The molecule has 3 aromatic carbocycles. The van der Waals surface area contributed by atoms with Gasteiger partial charge >= 0.3 is 5.97 Å². The average molecular weight is 553 g/mol. The van der Waals surface area contributed by atoms with E-state index in [4.69, 9.17) is 11.6 Å². The Bertz CT molecular complexity index is 1610. The van der Waals surface area contributed by atoms with Crippen molar-refractivity contribution in [3.8, 4) is 22.5 Å². The number of hydrogen-bond donors (Lipinski definition) is 2. The molecule has 8 nitrogen and oxygen atoms in total. The molecule has 0 radical (unpaired) electrons. The highest BCUT2D eigenvalue weighted by atomic mass is 35.5. The van der Waals surface area contributed by atoms with Gasteiger partial charge in [0.2, 0.25) is 5.82 Å². The summed E-state index contributed by atoms with van der Waals surface area (Å²) in [6, 6.07) is 23.5. The first-order chi connectivity index (χ1) is 19.5. The normalized spacial score (nSPS) is 11.6. The standard InChI is InChI=1S/C31H29ClN6O2/c1-2-3-8-29-33-19-26(18-24(31(39)40)17-21-11-15-25(32)16-12-21)38(29)20-22-9-13-23(14-10-22)27-6-4-5-7-28(27)30-34-36-37-35-30/h4-7,9-16,18-19H,2-3,8,17,20H2,1H3,(H,39,40)(H,34,35,36,37)/b24-18+. The molecule has 0 unspecified atom stereocenters. The van der Waals surface area contributed by atoms with E-state index in [0.717, 1.165) is 58.6 Å². The Kier molecular flexibility index (Phi) is 8.47. The smallest absolute Gasteiger partial charge is 0.331 e. The third-order valence-corrected chi connectivity index (χ3v) is 7.00. The van der Waals surface area contributed by atoms with Crippen LogP contribution in [0.15, 0.2) is 84.6 Å². The Balaban J connectivity index is 1.44. The van der Waals surface area contributed by atoms with Crippen LogP contribution in [0.4, 0.5) is 0 Å². The summed E-state index contributed by atoms with van der Waals surface area (Å²) in [5, 5.41) is 25.1. The summed E-state index contributed by atoms with van der Waals surface area (Å²) in [6.45, 7) is 2.72. The summed E-state index contributed by atoms with van der Waals surface area (Å²) in [5.74, 6) is 0.529. The minimum Gasteiger partial charge on any atom is -0.478 e. The van der Waals surface area contributed by atoms with Gasteiger partial charge < -0.3 is 9.67 Å². The minimum atomic E-state index is -0.956. The largest absolute Gasteiger partial charge is 0.478 e. The Hall–Kier alpha value is -4.56. The van der Waals surface area contributed by atoms with Gasteiger partial charge in [-0.2, -0.15) is 5.21 Å². The Morgan fingerprint density at radius 1 is 1.00 bits per heavy atom. The molecular weight excluding hydrogens is 524 g/mol. The number of carboxylic acid groups (broad SMARTS) is 1. The lowest BCUT2D eigenvalue weighted by molar-refractivity contribution is -0.132. The summed E-state index contributed by atoms with van der Waals surface area (Å²) in [5.41, 5.74) is 5.97. The molecule has 0 amide bonds. The molecule has 5 aromatic rings. The zero-order valence-corrected chi connectivity index (χ0v) is 22.8. The van der Waals surface area contributed by atoms with Crippen molar-refractivity contribution in [2.24, 2.45) is 0 Å². The van der Waals surface area contributed by atoms with Crippen LogP contribution in [0.1, 0.15) is 42.4 Å². The number of carbonyl (C=O) groups is 1. The molecule has 5 rings (SSSR count). The molecule has 2 heterocycles. The highest BCUT2D eigenvalue weighted by molar-refractivity contribution is 6.30. The van der Waals surface area contributed by atoms with Crippen molar-refractivity contribution >= 4 is 23.6 Å². The summed E-state index contributed by atoms with van der Waals surface area (Å²) < 4.78 is 2.11. The van der Waals surface area contributed by atoms with E-state index in [-0.39, 0.29) is 6.42 Å². The number of unbranched alkanes of at least 4 members (excludes halogenated alkanes) is 1. The van der Waals surface area contributed by atoms with Gasteiger partial charge in [-0.1, -0.05) is 85.6 Å². The first-order valence-electron chi connectivity index (χ1n) is 13.2. The highest BCUT2D eigenvalue weighted by Crippen LogP contribution is 2.30. The zero-order chi connectivity index (χ0) is 27.9. The van der Waals surface area contributed by atoms with E-state index < -0.39 is 5.97 Å². The molecule has 0 spiro atoms. The lowest BCUT2D eigenvalue weighted by Crippen LogP contribution is -2.09. The molecule has 0 aliphatic heterocycles. The maximum Gasteiger partial charge on any atom is 0.331 e. The fourth-order valence-corrected chi connectivity index (χ4v) is 4.75. The van der Waals surface area contributed by atoms with Crippen molar-refractivity contribution in [2.45, 2.75) is 39.2 Å². The fraction of sp³-hybridized carbons (Fsp3) is 0.194. The van der Waals surface area contributed by atoms with Crippen LogP contribution in [-0.2, 0) is 24.2 Å². The number of rotatable bonds is 11. The van der Waals surface area contributed by atoms with Gasteiger partial charge in [0.1, 0.15) is 5.82 Å². The second-order valence-electron chi connectivity index (χ2n) is 9.54. The highest BCUT2D eigenvalue weighted by Gasteiger charge is 2.15. The van der Waals surface area contributed by atoms with Gasteiger partial charge in [0, 0.05) is 35.5 Å². The van der Waals surface area contributed by atoms with Gasteiger partial charge in [-0.25, -0.2) is 9.78 Å². The van der Waals surface area contributed by atoms with Crippen molar-refractivity contribution in [1.82, 2.24) is 30.2 Å². The molecule has 0 saturated heterocycles. The Morgan fingerprint density at radius 3 is 2.40 bits per heavy atom. The maximum absolute atomic E-state index is 12.2. The van der Waals surface area contributed by atoms with Crippen molar-refractivity contribution in [3.63, 3.8) is 0 Å². The van der Waals surface area contributed by atoms with E-state index in [0.29, 0.717) is 23.0 Å². The number of benzene rings is 3. The van der Waals surface area contributed by atoms with Crippen LogP contribution in [0.25, 0.3) is 28.6 Å². The van der Waals surface area contributed by atoms with Crippen molar-refractivity contribution in [2.75, 3.05) is 0 Å². The Labute approximate surface area is 237 Å². The van der Waals surface area contributed by atoms with E-state index in [1.807, 2.05) is 36.4 Å². The summed E-state index contributed by atoms with van der Waals surface area (Å²) in [6.07, 6.45) is 6.66. The van der Waals surface area contributed by atoms with Gasteiger partial charge in [0.25, 0.3) is 0 Å². The molecular formula is C31H29ClN6O2. The summed E-state index contributed by atoms with van der Waals surface area (Å²) >= 11 is 6.01. The number of imidazole rings is 1. The van der Waals surface area contributed by atoms with Crippen LogP contribution in [-0.4, -0.2) is 41.3 Å². The molecule has 202 valence electrons. The van der Waals surface area contributed by atoms with Crippen LogP contribution in [0, 0.1) is 0 Å². The molecule has 0 aliphatic carbocycles. The second-order valence-corrected chi connectivity index (χ2v) is 9.98.